The molecule has 21 heavy (non-hydrogen) atoms. The van der Waals surface area contributed by atoms with Gasteiger partial charge in [0.2, 0.25) is 0 Å². The summed E-state index contributed by atoms with van der Waals surface area (Å²) < 4.78 is 0. The molecule has 0 saturated heterocycles. The smallest absolute Gasteiger partial charge is 0.272 e. The Labute approximate surface area is 124 Å². The largest absolute Gasteiger partial charge is 0.396 e. The van der Waals surface area contributed by atoms with Gasteiger partial charge in [0.1, 0.15) is 0 Å². The molecule has 2 rings (SSSR count). The lowest BCUT2D eigenvalue weighted by Gasteiger charge is -2.29. The molecule has 0 aliphatic carbocycles. The molecule has 0 atom stereocenters. The van der Waals surface area contributed by atoms with Crippen LogP contribution < -0.4 is 5.32 Å². The van der Waals surface area contributed by atoms with Crippen molar-refractivity contribution in [1.82, 2.24) is 15.5 Å². The molecule has 5 heteroatoms. The molecule has 0 unspecified atom stereocenters. The van der Waals surface area contributed by atoms with E-state index < -0.39 is 0 Å². The number of carbonyl (C=O) groups is 1. The van der Waals surface area contributed by atoms with E-state index in [1.807, 2.05) is 39.0 Å². The van der Waals surface area contributed by atoms with E-state index in [2.05, 4.69) is 15.5 Å². The van der Waals surface area contributed by atoms with Gasteiger partial charge in [0.15, 0.2) is 5.69 Å². The third kappa shape index (κ3) is 3.08. The maximum Gasteiger partial charge on any atom is 0.272 e. The van der Waals surface area contributed by atoms with Crippen LogP contribution >= 0.6 is 0 Å². The first kappa shape index (κ1) is 15.5. The van der Waals surface area contributed by atoms with E-state index in [4.69, 9.17) is 0 Å². The fourth-order valence-electron chi connectivity index (χ4n) is 2.43. The molecule has 3 N–H and O–H groups in total. The number of fused-ring (bicyclic) bond motifs is 1. The van der Waals surface area contributed by atoms with Crippen LogP contribution in [-0.4, -0.2) is 34.4 Å². The van der Waals surface area contributed by atoms with Crippen LogP contribution in [0.25, 0.3) is 10.9 Å². The lowest BCUT2D eigenvalue weighted by atomic mass is 9.83. The molecular weight excluding hydrogens is 266 g/mol. The van der Waals surface area contributed by atoms with Gasteiger partial charge in [-0.3, -0.25) is 9.89 Å². The molecule has 0 radical (unpaired) electrons. The van der Waals surface area contributed by atoms with E-state index in [1.165, 1.54) is 0 Å². The lowest BCUT2D eigenvalue weighted by molar-refractivity contribution is 0.0848. The van der Waals surface area contributed by atoms with E-state index >= 15 is 0 Å². The number of carbonyl (C=O) groups excluding carboxylic acids is 1. The van der Waals surface area contributed by atoms with Gasteiger partial charge in [-0.2, -0.15) is 5.10 Å². The number of aliphatic hydroxyl groups is 1. The Morgan fingerprint density at radius 2 is 2.10 bits per heavy atom. The molecule has 1 amide bonds. The summed E-state index contributed by atoms with van der Waals surface area (Å²) in [6.45, 7) is 6.56. The summed E-state index contributed by atoms with van der Waals surface area (Å²) in [6, 6.07) is 5.85. The summed E-state index contributed by atoms with van der Waals surface area (Å²) in [5.74, 6) is -0.202. The van der Waals surface area contributed by atoms with Crippen molar-refractivity contribution in [3.63, 3.8) is 0 Å². The Hall–Kier alpha value is -1.88. The van der Waals surface area contributed by atoms with Crippen LogP contribution in [-0.2, 0) is 0 Å². The van der Waals surface area contributed by atoms with Crippen LogP contribution in [0.2, 0.25) is 0 Å². The molecule has 0 fully saturated rings. The second-order valence-corrected chi connectivity index (χ2v) is 5.67. The number of aromatic amines is 1. The number of hydrogen-bond acceptors (Lipinski definition) is 3. The Balaban J connectivity index is 2.17. The number of aliphatic hydroxyl groups excluding tert-OH is 1. The van der Waals surface area contributed by atoms with Crippen molar-refractivity contribution < 1.29 is 9.90 Å². The van der Waals surface area contributed by atoms with Gasteiger partial charge in [0.05, 0.1) is 12.1 Å². The molecule has 5 nitrogen and oxygen atoms in total. The molecule has 0 aliphatic rings. The molecule has 1 heterocycles. The van der Waals surface area contributed by atoms with Gasteiger partial charge in [-0.05, 0) is 31.9 Å². The minimum absolute atomic E-state index is 0.0701. The van der Waals surface area contributed by atoms with Crippen molar-refractivity contribution in [1.29, 1.82) is 0 Å². The van der Waals surface area contributed by atoms with Gasteiger partial charge in [-0.25, -0.2) is 0 Å². The minimum atomic E-state index is -0.252. The maximum atomic E-state index is 12.4. The van der Waals surface area contributed by atoms with Gasteiger partial charge in [0, 0.05) is 17.3 Å². The fourth-order valence-corrected chi connectivity index (χ4v) is 2.43. The van der Waals surface area contributed by atoms with E-state index in [0.717, 1.165) is 29.3 Å². The van der Waals surface area contributed by atoms with Gasteiger partial charge >= 0.3 is 0 Å². The second kappa shape index (κ2) is 6.26. The zero-order valence-electron chi connectivity index (χ0n) is 12.9. The number of amides is 1. The number of aryl methyl sites for hydroxylation is 1. The molecule has 0 aliphatic heterocycles. The zero-order valence-corrected chi connectivity index (χ0v) is 12.9. The summed E-state index contributed by atoms with van der Waals surface area (Å²) in [4.78, 5) is 12.4. The lowest BCUT2D eigenvalue weighted by Crippen LogP contribution is -2.39. The van der Waals surface area contributed by atoms with Crippen molar-refractivity contribution in [3.05, 3.63) is 29.5 Å². The Kier molecular flexibility index (Phi) is 4.63. The maximum absolute atomic E-state index is 12.4. The van der Waals surface area contributed by atoms with Crippen molar-refractivity contribution in [2.75, 3.05) is 13.2 Å². The van der Waals surface area contributed by atoms with Gasteiger partial charge < -0.3 is 10.4 Å². The predicted molar refractivity (Wildman–Crippen MR) is 83.3 cm³/mol. The van der Waals surface area contributed by atoms with Gasteiger partial charge in [0.25, 0.3) is 5.91 Å². The van der Waals surface area contributed by atoms with Crippen LogP contribution in [0.15, 0.2) is 18.2 Å². The Morgan fingerprint density at radius 1 is 1.38 bits per heavy atom. The van der Waals surface area contributed by atoms with E-state index in [-0.39, 0.29) is 17.9 Å². The number of nitrogens with one attached hydrogen (secondary N) is 2. The van der Waals surface area contributed by atoms with E-state index in [9.17, 15) is 9.90 Å². The first-order chi connectivity index (χ1) is 10.0. The molecule has 0 bridgehead atoms. The van der Waals surface area contributed by atoms with Crippen LogP contribution in [0.4, 0.5) is 0 Å². The highest BCUT2D eigenvalue weighted by Crippen LogP contribution is 2.25. The van der Waals surface area contributed by atoms with E-state index in [0.29, 0.717) is 12.2 Å². The fraction of sp³-hybridized carbons (Fsp3) is 0.500. The quantitative estimate of drug-likeness (QED) is 0.764. The Morgan fingerprint density at radius 3 is 2.71 bits per heavy atom. The van der Waals surface area contributed by atoms with Crippen LogP contribution in [0.3, 0.4) is 0 Å². The normalized spacial score (nSPS) is 11.8. The highest BCUT2D eigenvalue weighted by molar-refractivity contribution is 6.04. The number of H-pyrrole nitrogens is 1. The first-order valence-corrected chi connectivity index (χ1v) is 7.39. The van der Waals surface area contributed by atoms with Gasteiger partial charge in [-0.15, -0.1) is 0 Å². The minimum Gasteiger partial charge on any atom is -0.396 e. The summed E-state index contributed by atoms with van der Waals surface area (Å²) in [5.41, 5.74) is 2.10. The topological polar surface area (TPSA) is 78.0 Å². The third-order valence-electron chi connectivity index (χ3n) is 4.39. The SMILES string of the molecule is CCC(CC)(CO)CNC(=O)c1n[nH]c2ccc(C)cc12. The van der Waals surface area contributed by atoms with Crippen LogP contribution in [0, 0.1) is 12.3 Å². The molecular formula is C16H23N3O2. The molecule has 2 aromatic rings. The number of nitrogens with zero attached hydrogens (tertiary/aromatic N) is 1. The standard InChI is InChI=1S/C16H23N3O2/c1-4-16(5-2,10-20)9-17-15(21)14-12-8-11(3)6-7-13(12)18-19-14/h6-8,20H,4-5,9-10H2,1-3H3,(H,17,21)(H,18,19). The number of aromatic nitrogens is 2. The van der Waals surface area contributed by atoms with Crippen LogP contribution in [0.5, 0.6) is 0 Å². The summed E-state index contributed by atoms with van der Waals surface area (Å²) in [5, 5.41) is 20.3. The summed E-state index contributed by atoms with van der Waals surface area (Å²) >= 11 is 0. The first-order valence-electron chi connectivity index (χ1n) is 7.39. The van der Waals surface area contributed by atoms with Crippen molar-refractivity contribution in [2.45, 2.75) is 33.6 Å². The highest BCUT2D eigenvalue weighted by atomic mass is 16.3. The van der Waals surface area contributed by atoms with E-state index in [1.54, 1.807) is 0 Å². The number of rotatable bonds is 6. The molecule has 114 valence electrons. The number of benzene rings is 1. The van der Waals surface area contributed by atoms with Gasteiger partial charge in [-0.1, -0.05) is 25.5 Å². The van der Waals surface area contributed by atoms with Crippen molar-refractivity contribution in [3.8, 4) is 0 Å². The average Bonchev–Trinajstić information content (AvgIpc) is 2.92. The Bertz CT molecular complexity index is 621. The zero-order chi connectivity index (χ0) is 15.5. The predicted octanol–water partition coefficient (Wildman–Crippen LogP) is 2.40. The molecule has 0 saturated carbocycles. The van der Waals surface area contributed by atoms with Crippen molar-refractivity contribution in [2.24, 2.45) is 5.41 Å². The average molecular weight is 289 g/mol. The highest BCUT2D eigenvalue weighted by Gasteiger charge is 2.26. The van der Waals surface area contributed by atoms with Crippen molar-refractivity contribution >= 4 is 16.8 Å². The summed E-state index contributed by atoms with van der Waals surface area (Å²) in [6.07, 6.45) is 1.64. The number of hydrogen-bond donors (Lipinski definition) is 3. The third-order valence-corrected chi connectivity index (χ3v) is 4.39. The molecule has 1 aromatic heterocycles. The van der Waals surface area contributed by atoms with Crippen LogP contribution in [0.1, 0.15) is 42.7 Å². The monoisotopic (exact) mass is 289 g/mol. The molecule has 1 aromatic carbocycles. The molecule has 0 spiro atoms. The summed E-state index contributed by atoms with van der Waals surface area (Å²) in [7, 11) is 0. The second-order valence-electron chi connectivity index (χ2n) is 5.67.